The fourth-order valence-electron chi connectivity index (χ4n) is 1.58. The van der Waals surface area contributed by atoms with Gasteiger partial charge in [0.05, 0.1) is 0 Å². The van der Waals surface area contributed by atoms with E-state index in [2.05, 4.69) is 0 Å². The van der Waals surface area contributed by atoms with Gasteiger partial charge in [0.15, 0.2) is 0 Å². The van der Waals surface area contributed by atoms with Gasteiger partial charge in [0.2, 0.25) is 0 Å². The van der Waals surface area contributed by atoms with Crippen LogP contribution in [-0.4, -0.2) is 13.7 Å². The molecule has 0 spiro atoms. The van der Waals surface area contributed by atoms with Gasteiger partial charge in [0.25, 0.3) is 0 Å². The Morgan fingerprint density at radius 1 is 0.778 bits per heavy atom. The van der Waals surface area contributed by atoms with Crippen molar-refractivity contribution in [1.29, 1.82) is 0 Å². The zero-order valence-electron chi connectivity index (χ0n) is 10.2. The topological polar surface area (TPSA) is 44.5 Å². The van der Waals surface area contributed by atoms with Crippen LogP contribution in [0, 0.1) is 0 Å². The van der Waals surface area contributed by atoms with Gasteiger partial charge in [0, 0.05) is 6.32 Å². The molecule has 18 heavy (non-hydrogen) atoms. The highest BCUT2D eigenvalue weighted by Gasteiger charge is 2.21. The average molecular weight is 241 g/mol. The minimum absolute atomic E-state index is 0.361. The van der Waals surface area contributed by atoms with Crippen molar-refractivity contribution in [1.82, 2.24) is 0 Å². The quantitative estimate of drug-likeness (QED) is 0.790. The highest BCUT2D eigenvalue weighted by atomic mass is 16.6. The van der Waals surface area contributed by atoms with Gasteiger partial charge < -0.3 is 15.0 Å². The second kappa shape index (κ2) is 6.72. The largest absolute Gasteiger partial charge is 0.595 e. The zero-order valence-corrected chi connectivity index (χ0v) is 10.2. The summed E-state index contributed by atoms with van der Waals surface area (Å²) in [7, 11) is -0.361. The smallest absolute Gasteiger partial charge is 0.526 e. The molecule has 0 radical (unpaired) electrons. The number of benzene rings is 2. The van der Waals surface area contributed by atoms with Crippen molar-refractivity contribution in [2.24, 2.45) is 5.73 Å². The Kier molecular flexibility index (Phi) is 4.67. The summed E-state index contributed by atoms with van der Waals surface area (Å²) in [5.41, 5.74) is 5.58. The number of hydrogen-bond donors (Lipinski definition) is 1. The van der Waals surface area contributed by atoms with Crippen LogP contribution in [0.15, 0.2) is 60.7 Å². The minimum Gasteiger partial charge on any atom is -0.526 e. The minimum atomic E-state index is -0.361. The standard InChI is InChI=1S/C14H16BNO2/c16-12-11-15(17-13-7-3-1-4-8-13)18-14-9-5-2-6-10-14/h1-10H,11-12,16H2. The lowest BCUT2D eigenvalue weighted by molar-refractivity contribution is 0.421. The Balaban J connectivity index is 2.00. The summed E-state index contributed by atoms with van der Waals surface area (Å²) in [6.45, 7) is 0.518. The molecule has 2 rings (SSSR count). The third-order valence-corrected chi connectivity index (χ3v) is 2.42. The maximum atomic E-state index is 5.76. The number of nitrogens with two attached hydrogens (primary N) is 1. The van der Waals surface area contributed by atoms with Crippen LogP contribution >= 0.6 is 0 Å². The van der Waals surface area contributed by atoms with Gasteiger partial charge >= 0.3 is 7.12 Å². The SMILES string of the molecule is NCCB(Oc1ccccc1)Oc1ccccc1. The molecule has 0 aromatic heterocycles. The molecule has 0 fully saturated rings. The Morgan fingerprint density at radius 3 is 1.61 bits per heavy atom. The van der Waals surface area contributed by atoms with E-state index in [0.717, 1.165) is 11.5 Å². The number of hydrogen-bond acceptors (Lipinski definition) is 3. The summed E-state index contributed by atoms with van der Waals surface area (Å²) in [4.78, 5) is 0. The lowest BCUT2D eigenvalue weighted by atomic mass is 9.84. The van der Waals surface area contributed by atoms with Crippen LogP contribution in [0.2, 0.25) is 6.32 Å². The first-order valence-corrected chi connectivity index (χ1v) is 6.02. The van der Waals surface area contributed by atoms with Crippen molar-refractivity contribution < 1.29 is 9.31 Å². The summed E-state index contributed by atoms with van der Waals surface area (Å²) >= 11 is 0. The summed E-state index contributed by atoms with van der Waals surface area (Å²) in [6, 6.07) is 19.2. The summed E-state index contributed by atoms with van der Waals surface area (Å²) < 4.78 is 11.5. The molecule has 0 amide bonds. The lowest BCUT2D eigenvalue weighted by Crippen LogP contribution is -2.32. The normalized spacial score (nSPS) is 9.83. The Hall–Kier alpha value is -1.94. The maximum Gasteiger partial charge on any atom is 0.595 e. The fraction of sp³-hybridized carbons (Fsp3) is 0.143. The number of para-hydroxylation sites is 2. The third-order valence-electron chi connectivity index (χ3n) is 2.42. The predicted octanol–water partition coefficient (Wildman–Crippen LogP) is 2.59. The van der Waals surface area contributed by atoms with Crippen molar-refractivity contribution in [3.63, 3.8) is 0 Å². The molecule has 0 saturated heterocycles. The molecule has 0 aliphatic carbocycles. The maximum absolute atomic E-state index is 5.76. The molecule has 2 N–H and O–H groups in total. The fourth-order valence-corrected chi connectivity index (χ4v) is 1.58. The van der Waals surface area contributed by atoms with Gasteiger partial charge in [-0.3, -0.25) is 0 Å². The van der Waals surface area contributed by atoms with Crippen LogP contribution in [-0.2, 0) is 0 Å². The monoisotopic (exact) mass is 241 g/mol. The molecule has 0 bridgehead atoms. The van der Waals surface area contributed by atoms with E-state index in [1.165, 1.54) is 0 Å². The van der Waals surface area contributed by atoms with Gasteiger partial charge in [0.1, 0.15) is 11.5 Å². The van der Waals surface area contributed by atoms with Crippen LogP contribution in [0.4, 0.5) is 0 Å². The van der Waals surface area contributed by atoms with Gasteiger partial charge in [-0.25, -0.2) is 0 Å². The highest BCUT2D eigenvalue weighted by Crippen LogP contribution is 2.15. The van der Waals surface area contributed by atoms with Crippen LogP contribution in [0.25, 0.3) is 0 Å². The van der Waals surface area contributed by atoms with Crippen LogP contribution in [0.1, 0.15) is 0 Å². The van der Waals surface area contributed by atoms with E-state index in [1.807, 2.05) is 60.7 Å². The zero-order chi connectivity index (χ0) is 12.6. The molecular formula is C14H16BNO2. The van der Waals surface area contributed by atoms with Gasteiger partial charge in [-0.2, -0.15) is 0 Å². The first-order chi connectivity index (χ1) is 8.88. The van der Waals surface area contributed by atoms with Gasteiger partial charge in [-0.1, -0.05) is 36.4 Å². The molecule has 0 atom stereocenters. The molecule has 2 aromatic carbocycles. The van der Waals surface area contributed by atoms with E-state index < -0.39 is 0 Å². The summed E-state index contributed by atoms with van der Waals surface area (Å²) in [5.74, 6) is 1.57. The second-order valence-corrected chi connectivity index (χ2v) is 3.87. The molecule has 92 valence electrons. The molecule has 0 aliphatic heterocycles. The Labute approximate surface area is 108 Å². The van der Waals surface area contributed by atoms with E-state index in [-0.39, 0.29) is 7.12 Å². The Morgan fingerprint density at radius 2 is 1.22 bits per heavy atom. The molecular weight excluding hydrogens is 225 g/mol. The molecule has 3 nitrogen and oxygen atoms in total. The van der Waals surface area contributed by atoms with Crippen molar-refractivity contribution >= 4 is 7.12 Å². The lowest BCUT2D eigenvalue weighted by Gasteiger charge is -2.16. The molecule has 0 heterocycles. The predicted molar refractivity (Wildman–Crippen MR) is 73.8 cm³/mol. The first kappa shape index (κ1) is 12.5. The molecule has 4 heteroatoms. The average Bonchev–Trinajstić information content (AvgIpc) is 2.41. The van der Waals surface area contributed by atoms with Crippen molar-refractivity contribution in [2.75, 3.05) is 6.54 Å². The number of rotatable bonds is 6. The van der Waals surface area contributed by atoms with E-state index in [4.69, 9.17) is 15.0 Å². The molecule has 0 aliphatic rings. The van der Waals surface area contributed by atoms with E-state index >= 15 is 0 Å². The van der Waals surface area contributed by atoms with Crippen LogP contribution < -0.4 is 15.0 Å². The molecule has 0 saturated carbocycles. The van der Waals surface area contributed by atoms with E-state index in [1.54, 1.807) is 0 Å². The van der Waals surface area contributed by atoms with Crippen LogP contribution in [0.5, 0.6) is 11.5 Å². The second-order valence-electron chi connectivity index (χ2n) is 3.87. The van der Waals surface area contributed by atoms with Crippen molar-refractivity contribution in [3.8, 4) is 11.5 Å². The van der Waals surface area contributed by atoms with Gasteiger partial charge in [-0.15, -0.1) is 0 Å². The molecule has 0 unspecified atom stereocenters. The first-order valence-electron chi connectivity index (χ1n) is 6.02. The summed E-state index contributed by atoms with van der Waals surface area (Å²) in [6.07, 6.45) is 0.643. The van der Waals surface area contributed by atoms with Crippen molar-refractivity contribution in [3.05, 3.63) is 60.7 Å². The highest BCUT2D eigenvalue weighted by molar-refractivity contribution is 6.46. The summed E-state index contributed by atoms with van der Waals surface area (Å²) in [5, 5.41) is 0. The molecule has 2 aromatic rings. The third kappa shape index (κ3) is 3.82. The Bertz CT molecular complexity index is 408. The van der Waals surface area contributed by atoms with Crippen LogP contribution in [0.3, 0.4) is 0 Å². The van der Waals surface area contributed by atoms with Gasteiger partial charge in [-0.05, 0) is 30.8 Å². The van der Waals surface area contributed by atoms with E-state index in [9.17, 15) is 0 Å². The van der Waals surface area contributed by atoms with Crippen molar-refractivity contribution in [2.45, 2.75) is 6.32 Å². The van der Waals surface area contributed by atoms with E-state index in [0.29, 0.717) is 12.9 Å².